The number of piperidine rings is 1. The van der Waals surface area contributed by atoms with Crippen LogP contribution in [0.3, 0.4) is 0 Å². The van der Waals surface area contributed by atoms with Crippen LogP contribution in [0, 0.1) is 5.92 Å². The Morgan fingerprint density at radius 2 is 2.10 bits per heavy atom. The lowest BCUT2D eigenvalue weighted by Gasteiger charge is -2.33. The summed E-state index contributed by atoms with van der Waals surface area (Å²) in [5.41, 5.74) is 6.06. The van der Waals surface area contributed by atoms with Crippen molar-refractivity contribution < 1.29 is 13.2 Å². The van der Waals surface area contributed by atoms with E-state index in [1.165, 1.54) is 6.07 Å². The van der Waals surface area contributed by atoms with E-state index >= 15 is 0 Å². The van der Waals surface area contributed by atoms with Gasteiger partial charge in [0.25, 0.3) is 0 Å². The Morgan fingerprint density at radius 3 is 2.67 bits per heavy atom. The Bertz CT molecular complexity index is 483. The first kappa shape index (κ1) is 16.1. The Labute approximate surface area is 124 Å². The minimum Gasteiger partial charge on any atom is -0.371 e. The Kier molecular flexibility index (Phi) is 4.81. The largest absolute Gasteiger partial charge is 0.416 e. The molecule has 1 aromatic rings. The molecule has 118 valence electrons. The van der Waals surface area contributed by atoms with Gasteiger partial charge in [-0.25, -0.2) is 0 Å². The third-order valence-electron chi connectivity index (χ3n) is 3.96. The molecule has 2 N–H and O–H groups in total. The zero-order valence-corrected chi connectivity index (χ0v) is 12.6. The van der Waals surface area contributed by atoms with Crippen LogP contribution in [0.25, 0.3) is 0 Å². The zero-order chi connectivity index (χ0) is 15.6. The number of nitrogens with two attached hydrogens (primary N) is 1. The van der Waals surface area contributed by atoms with Gasteiger partial charge in [0, 0.05) is 24.8 Å². The van der Waals surface area contributed by atoms with Gasteiger partial charge in [-0.2, -0.15) is 13.2 Å². The molecule has 1 saturated heterocycles. The number of benzene rings is 1. The van der Waals surface area contributed by atoms with Crippen molar-refractivity contribution in [1.82, 2.24) is 0 Å². The third-order valence-corrected chi connectivity index (χ3v) is 3.96. The first-order valence-corrected chi connectivity index (χ1v) is 7.48. The van der Waals surface area contributed by atoms with E-state index in [4.69, 9.17) is 5.73 Å². The summed E-state index contributed by atoms with van der Waals surface area (Å²) in [6, 6.07) is 4.38. The van der Waals surface area contributed by atoms with E-state index in [0.717, 1.165) is 25.9 Å². The predicted octanol–water partition coefficient (Wildman–Crippen LogP) is 3.83. The van der Waals surface area contributed by atoms with Gasteiger partial charge in [-0.15, -0.1) is 0 Å². The summed E-state index contributed by atoms with van der Waals surface area (Å²) in [7, 11) is 0. The zero-order valence-electron chi connectivity index (χ0n) is 12.6. The molecular weight excluding hydrogens is 277 g/mol. The quantitative estimate of drug-likeness (QED) is 0.919. The molecule has 1 aromatic carbocycles. The highest BCUT2D eigenvalue weighted by molar-refractivity contribution is 5.52. The molecule has 0 radical (unpaired) electrons. The molecule has 2 unspecified atom stereocenters. The maximum Gasteiger partial charge on any atom is 0.416 e. The summed E-state index contributed by atoms with van der Waals surface area (Å²) in [4.78, 5) is 2.05. The molecule has 2 nitrogen and oxygen atoms in total. The number of halogens is 3. The molecule has 0 bridgehead atoms. The van der Waals surface area contributed by atoms with Gasteiger partial charge in [0.2, 0.25) is 0 Å². The van der Waals surface area contributed by atoms with Crippen LogP contribution < -0.4 is 10.6 Å². The number of alkyl halides is 3. The predicted molar refractivity (Wildman–Crippen MR) is 79.4 cm³/mol. The maximum absolute atomic E-state index is 13.3. The van der Waals surface area contributed by atoms with Crippen LogP contribution in [0.4, 0.5) is 18.9 Å². The summed E-state index contributed by atoms with van der Waals surface area (Å²) in [6.45, 7) is 5.51. The van der Waals surface area contributed by atoms with E-state index in [2.05, 4.69) is 11.8 Å². The smallest absolute Gasteiger partial charge is 0.371 e. The Morgan fingerprint density at radius 1 is 1.38 bits per heavy atom. The molecule has 0 aromatic heterocycles. The van der Waals surface area contributed by atoms with Crippen LogP contribution in [0.5, 0.6) is 0 Å². The molecule has 0 aliphatic carbocycles. The van der Waals surface area contributed by atoms with Crippen molar-refractivity contribution in [3.8, 4) is 0 Å². The SMILES string of the molecule is CC(N)Cc1ccc(N2CCCC(C)C2)cc1C(F)(F)F. The first-order chi connectivity index (χ1) is 9.77. The highest BCUT2D eigenvalue weighted by Gasteiger charge is 2.34. The van der Waals surface area contributed by atoms with Crippen LogP contribution >= 0.6 is 0 Å². The average Bonchev–Trinajstić information content (AvgIpc) is 2.37. The van der Waals surface area contributed by atoms with Crippen LogP contribution in [0.2, 0.25) is 0 Å². The van der Waals surface area contributed by atoms with Gasteiger partial charge in [-0.3, -0.25) is 0 Å². The van der Waals surface area contributed by atoms with Gasteiger partial charge in [0.1, 0.15) is 0 Å². The lowest BCUT2D eigenvalue weighted by atomic mass is 9.97. The fourth-order valence-electron chi connectivity index (χ4n) is 2.97. The minimum absolute atomic E-state index is 0.242. The first-order valence-electron chi connectivity index (χ1n) is 7.48. The molecule has 1 heterocycles. The number of nitrogens with zero attached hydrogens (tertiary/aromatic N) is 1. The standard InChI is InChI=1S/C16H23F3N2/c1-11-4-3-7-21(10-11)14-6-5-13(8-12(2)20)15(9-14)16(17,18)19/h5-6,9,11-12H,3-4,7-8,10,20H2,1-2H3. The fourth-order valence-corrected chi connectivity index (χ4v) is 2.97. The third kappa shape index (κ3) is 4.13. The van der Waals surface area contributed by atoms with E-state index in [9.17, 15) is 13.2 Å². The van der Waals surface area contributed by atoms with Gasteiger partial charge < -0.3 is 10.6 Å². The van der Waals surface area contributed by atoms with Crippen molar-refractivity contribution in [3.05, 3.63) is 29.3 Å². The monoisotopic (exact) mass is 300 g/mol. The molecular formula is C16H23F3N2. The molecule has 2 atom stereocenters. The second kappa shape index (κ2) is 6.26. The Balaban J connectivity index is 2.32. The molecule has 2 rings (SSSR count). The van der Waals surface area contributed by atoms with E-state index in [0.29, 0.717) is 11.6 Å². The van der Waals surface area contributed by atoms with Crippen molar-refractivity contribution in [1.29, 1.82) is 0 Å². The number of hydrogen-bond donors (Lipinski definition) is 1. The number of anilines is 1. The van der Waals surface area contributed by atoms with Crippen molar-refractivity contribution in [3.63, 3.8) is 0 Å². The lowest BCUT2D eigenvalue weighted by molar-refractivity contribution is -0.138. The molecule has 5 heteroatoms. The number of hydrogen-bond acceptors (Lipinski definition) is 2. The highest BCUT2D eigenvalue weighted by atomic mass is 19.4. The second-order valence-corrected chi connectivity index (χ2v) is 6.21. The van der Waals surface area contributed by atoms with Gasteiger partial charge >= 0.3 is 6.18 Å². The number of rotatable bonds is 3. The molecule has 1 aliphatic heterocycles. The van der Waals surface area contributed by atoms with Crippen LogP contribution in [0.1, 0.15) is 37.8 Å². The van der Waals surface area contributed by atoms with Gasteiger partial charge in [-0.05, 0) is 49.8 Å². The van der Waals surface area contributed by atoms with Crippen molar-refractivity contribution in [2.45, 2.75) is 45.3 Å². The van der Waals surface area contributed by atoms with Gasteiger partial charge in [-0.1, -0.05) is 13.0 Å². The normalized spacial score (nSPS) is 21.4. The summed E-state index contributed by atoms with van der Waals surface area (Å²) in [5.74, 6) is 0.525. The lowest BCUT2D eigenvalue weighted by Crippen LogP contribution is -2.34. The van der Waals surface area contributed by atoms with E-state index in [1.54, 1.807) is 19.1 Å². The van der Waals surface area contributed by atoms with Crippen LogP contribution in [0.15, 0.2) is 18.2 Å². The van der Waals surface area contributed by atoms with Crippen molar-refractivity contribution in [2.24, 2.45) is 11.7 Å². The van der Waals surface area contributed by atoms with E-state index in [-0.39, 0.29) is 18.0 Å². The van der Waals surface area contributed by atoms with E-state index in [1.807, 2.05) is 0 Å². The molecule has 0 saturated carbocycles. The minimum atomic E-state index is -4.33. The summed E-state index contributed by atoms with van der Waals surface area (Å²) in [5, 5.41) is 0. The van der Waals surface area contributed by atoms with Crippen molar-refractivity contribution >= 4 is 5.69 Å². The Hall–Kier alpha value is -1.23. The fraction of sp³-hybridized carbons (Fsp3) is 0.625. The van der Waals surface area contributed by atoms with Crippen LogP contribution in [-0.4, -0.2) is 19.1 Å². The molecule has 21 heavy (non-hydrogen) atoms. The summed E-state index contributed by atoms with van der Waals surface area (Å²) >= 11 is 0. The summed E-state index contributed by atoms with van der Waals surface area (Å²) < 4.78 is 39.8. The van der Waals surface area contributed by atoms with Gasteiger partial charge in [0.15, 0.2) is 0 Å². The molecule has 0 amide bonds. The van der Waals surface area contributed by atoms with Gasteiger partial charge in [0.05, 0.1) is 5.56 Å². The molecule has 0 spiro atoms. The van der Waals surface area contributed by atoms with Crippen LogP contribution in [-0.2, 0) is 12.6 Å². The second-order valence-electron chi connectivity index (χ2n) is 6.21. The molecule has 1 aliphatic rings. The summed E-state index contributed by atoms with van der Waals surface area (Å²) in [6.07, 6.45) is -1.91. The highest BCUT2D eigenvalue weighted by Crippen LogP contribution is 2.36. The molecule has 1 fully saturated rings. The average molecular weight is 300 g/mol. The van der Waals surface area contributed by atoms with Crippen molar-refractivity contribution in [2.75, 3.05) is 18.0 Å². The maximum atomic E-state index is 13.3. The topological polar surface area (TPSA) is 29.3 Å². The van der Waals surface area contributed by atoms with E-state index < -0.39 is 11.7 Å².